The number of nitrogens with one attached hydrogen (secondary N) is 1. The van der Waals surface area contributed by atoms with Crippen molar-refractivity contribution in [1.82, 2.24) is 9.88 Å². The van der Waals surface area contributed by atoms with Crippen molar-refractivity contribution in [1.29, 1.82) is 0 Å². The number of urea groups is 1. The zero-order chi connectivity index (χ0) is 20.6. The number of anilines is 1. The Morgan fingerprint density at radius 1 is 1.17 bits per heavy atom. The molecule has 3 rings (SSSR count). The molecule has 2 aliphatic carbocycles. The number of hydrogen-bond donors (Lipinski definition) is 1. The van der Waals surface area contributed by atoms with E-state index in [2.05, 4.69) is 22.1 Å². The number of aromatic nitrogens is 1. The second-order valence-electron chi connectivity index (χ2n) is 8.20. The van der Waals surface area contributed by atoms with Crippen LogP contribution >= 0.6 is 11.3 Å². The van der Waals surface area contributed by atoms with Crippen molar-refractivity contribution in [3.05, 3.63) is 17.2 Å². The summed E-state index contributed by atoms with van der Waals surface area (Å²) in [6.07, 6.45) is 15.2. The molecule has 0 atom stereocenters. The number of carbonyl (C=O) groups excluding carboxylic acids is 2. The molecule has 1 N–H and O–H groups in total. The third-order valence-corrected chi connectivity index (χ3v) is 6.87. The standard InChI is InChI=1S/C22H33N3O3S/c1-3-28-20(26)14-13-19-15-23-21(29-19)24-22(27)25(17-7-5-4-6-8-17)18-11-9-16(2)10-12-18/h13-18H,3-12H2,1-2H3,(H,23,24,27)/b14-13+. The van der Waals surface area contributed by atoms with Crippen LogP contribution in [0.2, 0.25) is 0 Å². The average molecular weight is 420 g/mol. The van der Waals surface area contributed by atoms with Gasteiger partial charge >= 0.3 is 12.0 Å². The summed E-state index contributed by atoms with van der Waals surface area (Å²) in [6, 6.07) is 0.648. The van der Waals surface area contributed by atoms with Gasteiger partial charge in [-0.25, -0.2) is 14.6 Å². The van der Waals surface area contributed by atoms with E-state index in [9.17, 15) is 9.59 Å². The molecule has 160 valence electrons. The highest BCUT2D eigenvalue weighted by molar-refractivity contribution is 7.16. The molecular weight excluding hydrogens is 386 g/mol. The Hall–Kier alpha value is -1.89. The summed E-state index contributed by atoms with van der Waals surface area (Å²) in [5.41, 5.74) is 0. The van der Waals surface area contributed by atoms with Crippen molar-refractivity contribution in [2.24, 2.45) is 5.92 Å². The summed E-state index contributed by atoms with van der Waals surface area (Å²) in [7, 11) is 0. The first-order chi connectivity index (χ1) is 14.1. The van der Waals surface area contributed by atoms with Crippen LogP contribution < -0.4 is 5.32 Å². The van der Waals surface area contributed by atoms with Crippen molar-refractivity contribution < 1.29 is 14.3 Å². The Bertz CT molecular complexity index is 704. The van der Waals surface area contributed by atoms with Gasteiger partial charge < -0.3 is 9.64 Å². The van der Waals surface area contributed by atoms with Crippen LogP contribution in [0.15, 0.2) is 12.3 Å². The highest BCUT2D eigenvalue weighted by atomic mass is 32.1. The van der Waals surface area contributed by atoms with E-state index in [1.54, 1.807) is 19.2 Å². The maximum Gasteiger partial charge on any atom is 0.330 e. The Morgan fingerprint density at radius 2 is 1.86 bits per heavy atom. The topological polar surface area (TPSA) is 71.5 Å². The van der Waals surface area contributed by atoms with Gasteiger partial charge in [-0.05, 0) is 57.4 Å². The second-order valence-corrected chi connectivity index (χ2v) is 9.26. The quantitative estimate of drug-likeness (QED) is 0.490. The van der Waals surface area contributed by atoms with Crippen LogP contribution in [-0.2, 0) is 9.53 Å². The fourth-order valence-electron chi connectivity index (χ4n) is 4.43. The van der Waals surface area contributed by atoms with Gasteiger partial charge in [0.05, 0.1) is 6.61 Å². The summed E-state index contributed by atoms with van der Waals surface area (Å²) in [5, 5.41) is 3.60. The van der Waals surface area contributed by atoms with Crippen molar-refractivity contribution in [3.8, 4) is 0 Å². The highest BCUT2D eigenvalue weighted by Crippen LogP contribution is 2.33. The minimum absolute atomic E-state index is 0.0216. The molecule has 2 aliphatic rings. The van der Waals surface area contributed by atoms with Gasteiger partial charge in [-0.3, -0.25) is 5.32 Å². The number of amides is 2. The first-order valence-corrected chi connectivity index (χ1v) is 11.8. The zero-order valence-corrected chi connectivity index (χ0v) is 18.4. The molecule has 1 heterocycles. The summed E-state index contributed by atoms with van der Waals surface area (Å²) in [6.45, 7) is 4.43. The maximum absolute atomic E-state index is 13.2. The third-order valence-electron chi connectivity index (χ3n) is 5.99. The third kappa shape index (κ3) is 6.29. The van der Waals surface area contributed by atoms with E-state index in [1.165, 1.54) is 49.5 Å². The fourth-order valence-corrected chi connectivity index (χ4v) is 5.14. The Kier molecular flexibility index (Phi) is 8.09. The van der Waals surface area contributed by atoms with Crippen LogP contribution in [-0.4, -0.2) is 40.6 Å². The molecule has 0 bridgehead atoms. The lowest BCUT2D eigenvalue weighted by molar-refractivity contribution is -0.137. The van der Waals surface area contributed by atoms with Gasteiger partial charge in [0.1, 0.15) is 0 Å². The Balaban J connectivity index is 1.65. The second kappa shape index (κ2) is 10.8. The first-order valence-electron chi connectivity index (χ1n) is 11.0. The summed E-state index contributed by atoms with van der Waals surface area (Å²) in [4.78, 5) is 32.0. The smallest absolute Gasteiger partial charge is 0.330 e. The molecule has 6 nitrogen and oxygen atoms in total. The Morgan fingerprint density at radius 3 is 2.55 bits per heavy atom. The minimum Gasteiger partial charge on any atom is -0.463 e. The van der Waals surface area contributed by atoms with E-state index >= 15 is 0 Å². The zero-order valence-electron chi connectivity index (χ0n) is 17.6. The molecule has 1 aromatic rings. The van der Waals surface area contributed by atoms with Gasteiger partial charge in [0, 0.05) is 29.2 Å². The van der Waals surface area contributed by atoms with Gasteiger partial charge in [-0.1, -0.05) is 37.5 Å². The molecule has 2 fully saturated rings. The number of hydrogen-bond acceptors (Lipinski definition) is 5. The lowest BCUT2D eigenvalue weighted by atomic mass is 9.84. The summed E-state index contributed by atoms with van der Waals surface area (Å²) < 4.78 is 4.89. The van der Waals surface area contributed by atoms with Crippen LogP contribution in [0.4, 0.5) is 9.93 Å². The van der Waals surface area contributed by atoms with Crippen LogP contribution in [0, 0.1) is 5.92 Å². The summed E-state index contributed by atoms with van der Waals surface area (Å²) >= 11 is 1.37. The molecule has 0 unspecified atom stereocenters. The van der Waals surface area contributed by atoms with Gasteiger partial charge in [0.25, 0.3) is 0 Å². The molecule has 1 aromatic heterocycles. The monoisotopic (exact) mass is 419 g/mol. The van der Waals surface area contributed by atoms with Crippen LogP contribution in [0.5, 0.6) is 0 Å². The van der Waals surface area contributed by atoms with Gasteiger partial charge in [0.15, 0.2) is 5.13 Å². The SMILES string of the molecule is CCOC(=O)/C=C/c1cnc(NC(=O)N(C2CCCCC2)C2CCC(C)CC2)s1. The van der Waals surface area contributed by atoms with Gasteiger partial charge in [-0.2, -0.15) is 0 Å². The lowest BCUT2D eigenvalue weighted by Gasteiger charge is -2.42. The van der Waals surface area contributed by atoms with Gasteiger partial charge in [0.2, 0.25) is 0 Å². The molecule has 0 spiro atoms. The lowest BCUT2D eigenvalue weighted by Crippen LogP contribution is -2.51. The van der Waals surface area contributed by atoms with Crippen molar-refractivity contribution in [2.45, 2.75) is 83.7 Å². The molecule has 0 aliphatic heterocycles. The van der Waals surface area contributed by atoms with E-state index in [1.807, 2.05) is 0 Å². The maximum atomic E-state index is 13.2. The van der Waals surface area contributed by atoms with Crippen molar-refractivity contribution in [2.75, 3.05) is 11.9 Å². The molecule has 0 radical (unpaired) electrons. The molecule has 2 saturated carbocycles. The van der Waals surface area contributed by atoms with Crippen LogP contribution in [0.3, 0.4) is 0 Å². The predicted molar refractivity (Wildman–Crippen MR) is 117 cm³/mol. The van der Waals surface area contributed by atoms with Crippen LogP contribution in [0.25, 0.3) is 6.08 Å². The molecule has 29 heavy (non-hydrogen) atoms. The van der Waals surface area contributed by atoms with E-state index in [4.69, 9.17) is 4.74 Å². The minimum atomic E-state index is -0.374. The Labute approximate surface area is 177 Å². The van der Waals surface area contributed by atoms with E-state index in [0.717, 1.165) is 36.5 Å². The average Bonchev–Trinajstić information content (AvgIpc) is 3.16. The number of thiazole rings is 1. The molecule has 0 aromatic carbocycles. The highest BCUT2D eigenvalue weighted by Gasteiger charge is 2.33. The molecule has 7 heteroatoms. The first kappa shape index (κ1) is 21.8. The van der Waals surface area contributed by atoms with Crippen molar-refractivity contribution in [3.63, 3.8) is 0 Å². The van der Waals surface area contributed by atoms with E-state index < -0.39 is 0 Å². The fraction of sp³-hybridized carbons (Fsp3) is 0.682. The molecule has 0 saturated heterocycles. The van der Waals surface area contributed by atoms with Crippen molar-refractivity contribution >= 4 is 34.5 Å². The number of nitrogens with zero attached hydrogens (tertiary/aromatic N) is 2. The largest absolute Gasteiger partial charge is 0.463 e. The van der Waals surface area contributed by atoms with Gasteiger partial charge in [-0.15, -0.1) is 0 Å². The summed E-state index contributed by atoms with van der Waals surface area (Å²) in [5.74, 6) is 0.386. The molecular formula is C22H33N3O3S. The molecule has 2 amide bonds. The van der Waals surface area contributed by atoms with E-state index in [-0.39, 0.29) is 12.0 Å². The number of carbonyl (C=O) groups is 2. The van der Waals surface area contributed by atoms with Crippen LogP contribution in [0.1, 0.15) is 76.5 Å². The normalized spacial score (nSPS) is 23.1. The van der Waals surface area contributed by atoms with E-state index in [0.29, 0.717) is 23.8 Å². The number of esters is 1. The predicted octanol–water partition coefficient (Wildman–Crippen LogP) is 5.46. The number of rotatable bonds is 6. The number of ether oxygens (including phenoxy) is 1.